The second-order valence-corrected chi connectivity index (χ2v) is 4.17. The Morgan fingerprint density at radius 3 is 2.75 bits per heavy atom. The van der Waals surface area contributed by atoms with Crippen LogP contribution in [0.2, 0.25) is 0 Å². The van der Waals surface area contributed by atoms with Gasteiger partial charge in [0, 0.05) is 12.4 Å². The quantitative estimate of drug-likeness (QED) is 0.693. The highest BCUT2D eigenvalue weighted by atomic mass is 35.5. The van der Waals surface area contributed by atoms with E-state index in [1.54, 1.807) is 6.08 Å². The van der Waals surface area contributed by atoms with Gasteiger partial charge in [0.25, 0.3) is 5.91 Å². The van der Waals surface area contributed by atoms with Crippen molar-refractivity contribution in [1.82, 2.24) is 15.4 Å². The van der Waals surface area contributed by atoms with E-state index in [1.165, 1.54) is 24.8 Å². The van der Waals surface area contributed by atoms with Crippen LogP contribution in [0.1, 0.15) is 16.1 Å². The molecule has 0 aliphatic carbocycles. The lowest BCUT2D eigenvalue weighted by molar-refractivity contribution is 0.0950. The molecule has 0 aliphatic rings. The molecule has 0 radical (unpaired) electrons. The summed E-state index contributed by atoms with van der Waals surface area (Å²) >= 11 is 5.98. The summed E-state index contributed by atoms with van der Waals surface area (Å²) in [7, 11) is 0. The van der Waals surface area contributed by atoms with E-state index in [2.05, 4.69) is 20.5 Å². The van der Waals surface area contributed by atoms with Crippen molar-refractivity contribution in [3.63, 3.8) is 0 Å². The number of carbonyl (C=O) groups is 1. The SMILES string of the molecule is O=C(NN=C/C(Cl)=C/c1ccccc1)c1cnccn1. The molecule has 1 N–H and O–H groups in total. The zero-order valence-corrected chi connectivity index (χ0v) is 11.2. The van der Waals surface area contributed by atoms with Crippen molar-refractivity contribution in [2.45, 2.75) is 0 Å². The number of nitrogens with zero attached hydrogens (tertiary/aromatic N) is 3. The average molecular weight is 287 g/mol. The van der Waals surface area contributed by atoms with E-state index >= 15 is 0 Å². The summed E-state index contributed by atoms with van der Waals surface area (Å²) in [5.74, 6) is -0.446. The molecule has 0 aliphatic heterocycles. The predicted molar refractivity (Wildman–Crippen MR) is 78.3 cm³/mol. The lowest BCUT2D eigenvalue weighted by Crippen LogP contribution is -2.18. The molecule has 100 valence electrons. The zero-order chi connectivity index (χ0) is 14.2. The molecule has 2 aromatic rings. The van der Waals surface area contributed by atoms with Gasteiger partial charge in [0.15, 0.2) is 0 Å². The highest BCUT2D eigenvalue weighted by Crippen LogP contribution is 2.07. The van der Waals surface area contributed by atoms with Crippen molar-refractivity contribution in [2.24, 2.45) is 5.10 Å². The molecule has 5 nitrogen and oxygen atoms in total. The van der Waals surface area contributed by atoms with Crippen LogP contribution < -0.4 is 5.43 Å². The Bertz CT molecular complexity index is 626. The second-order valence-electron chi connectivity index (χ2n) is 3.73. The van der Waals surface area contributed by atoms with E-state index in [1.807, 2.05) is 30.3 Å². The Kier molecular flexibility index (Phi) is 4.97. The Balaban J connectivity index is 1.94. The first-order valence-electron chi connectivity index (χ1n) is 5.77. The minimum Gasteiger partial charge on any atom is -0.265 e. The molecule has 0 saturated heterocycles. The summed E-state index contributed by atoms with van der Waals surface area (Å²) in [5, 5.41) is 4.15. The van der Waals surface area contributed by atoms with Gasteiger partial charge in [-0.1, -0.05) is 41.9 Å². The fourth-order valence-corrected chi connectivity index (χ4v) is 1.55. The molecule has 1 aromatic carbocycles. The maximum Gasteiger partial charge on any atom is 0.291 e. The molecule has 0 saturated carbocycles. The summed E-state index contributed by atoms with van der Waals surface area (Å²) in [6.07, 6.45) is 7.36. The van der Waals surface area contributed by atoms with Crippen LogP contribution in [0.25, 0.3) is 6.08 Å². The van der Waals surface area contributed by atoms with Crippen LogP contribution in [-0.2, 0) is 0 Å². The minimum atomic E-state index is -0.446. The molecule has 1 heterocycles. The first-order valence-corrected chi connectivity index (χ1v) is 6.15. The normalized spacial score (nSPS) is 11.6. The number of rotatable bonds is 4. The standard InChI is InChI=1S/C14H11ClN4O/c15-12(8-11-4-2-1-3-5-11)9-18-19-14(20)13-10-16-6-7-17-13/h1-10H,(H,19,20)/b12-8-,18-9?. The van der Waals surface area contributed by atoms with E-state index in [0.717, 1.165) is 5.56 Å². The summed E-state index contributed by atoms with van der Waals surface area (Å²) in [6, 6.07) is 9.55. The van der Waals surface area contributed by atoms with E-state index in [4.69, 9.17) is 11.6 Å². The smallest absolute Gasteiger partial charge is 0.265 e. The molecule has 0 bridgehead atoms. The van der Waals surface area contributed by atoms with E-state index in [-0.39, 0.29) is 5.69 Å². The second kappa shape index (κ2) is 7.16. The van der Waals surface area contributed by atoms with Crippen molar-refractivity contribution in [3.8, 4) is 0 Å². The van der Waals surface area contributed by atoms with Crippen LogP contribution in [0.5, 0.6) is 0 Å². The third-order valence-electron chi connectivity index (χ3n) is 2.25. The van der Waals surface area contributed by atoms with Crippen LogP contribution >= 0.6 is 11.6 Å². The van der Waals surface area contributed by atoms with Crippen molar-refractivity contribution < 1.29 is 4.79 Å². The van der Waals surface area contributed by atoms with Gasteiger partial charge in [-0.2, -0.15) is 5.10 Å². The average Bonchev–Trinajstić information content (AvgIpc) is 2.49. The number of hydrazone groups is 1. The molecule has 1 aromatic heterocycles. The van der Waals surface area contributed by atoms with Crippen molar-refractivity contribution >= 4 is 29.8 Å². The van der Waals surface area contributed by atoms with Gasteiger partial charge in [-0.3, -0.25) is 9.78 Å². The summed E-state index contributed by atoms with van der Waals surface area (Å²) in [4.78, 5) is 19.2. The Hall–Kier alpha value is -2.53. The van der Waals surface area contributed by atoms with Crippen molar-refractivity contribution in [3.05, 3.63) is 65.2 Å². The first-order chi connectivity index (χ1) is 9.75. The number of hydrogen-bond acceptors (Lipinski definition) is 4. The predicted octanol–water partition coefficient (Wildman–Crippen LogP) is 2.47. The maximum atomic E-state index is 11.6. The van der Waals surface area contributed by atoms with Gasteiger partial charge in [0.05, 0.1) is 17.4 Å². The molecule has 0 unspecified atom stereocenters. The Morgan fingerprint density at radius 1 is 1.25 bits per heavy atom. The fraction of sp³-hybridized carbons (Fsp3) is 0. The Labute approximate surface area is 121 Å². The number of halogens is 1. The third-order valence-corrected chi connectivity index (χ3v) is 2.46. The van der Waals surface area contributed by atoms with E-state index in [9.17, 15) is 4.79 Å². The molecular weight excluding hydrogens is 276 g/mol. The lowest BCUT2D eigenvalue weighted by Gasteiger charge is -1.97. The number of nitrogens with one attached hydrogen (secondary N) is 1. The van der Waals surface area contributed by atoms with Crippen LogP contribution in [0, 0.1) is 0 Å². The van der Waals surface area contributed by atoms with Gasteiger partial charge in [0.2, 0.25) is 0 Å². The first kappa shape index (κ1) is 13.9. The summed E-state index contributed by atoms with van der Waals surface area (Å²) < 4.78 is 0. The van der Waals surface area contributed by atoms with Crippen molar-refractivity contribution in [1.29, 1.82) is 0 Å². The number of carbonyl (C=O) groups excluding carboxylic acids is 1. The number of benzene rings is 1. The highest BCUT2D eigenvalue weighted by Gasteiger charge is 2.04. The van der Waals surface area contributed by atoms with Gasteiger partial charge in [-0.05, 0) is 11.6 Å². The van der Waals surface area contributed by atoms with Crippen molar-refractivity contribution in [2.75, 3.05) is 0 Å². The number of aromatic nitrogens is 2. The van der Waals surface area contributed by atoms with Crippen LogP contribution in [0.3, 0.4) is 0 Å². The summed E-state index contributed by atoms with van der Waals surface area (Å²) in [5.41, 5.74) is 3.45. The monoisotopic (exact) mass is 286 g/mol. The maximum absolute atomic E-state index is 11.6. The topological polar surface area (TPSA) is 67.2 Å². The van der Waals surface area contributed by atoms with E-state index < -0.39 is 5.91 Å². The molecule has 0 spiro atoms. The lowest BCUT2D eigenvalue weighted by atomic mass is 10.2. The highest BCUT2D eigenvalue weighted by molar-refractivity contribution is 6.41. The molecule has 1 amide bonds. The number of amides is 1. The third kappa shape index (κ3) is 4.29. The molecule has 0 atom stereocenters. The molecule has 2 rings (SSSR count). The zero-order valence-electron chi connectivity index (χ0n) is 10.4. The van der Waals surface area contributed by atoms with Gasteiger partial charge in [-0.15, -0.1) is 0 Å². The van der Waals surface area contributed by atoms with Gasteiger partial charge < -0.3 is 0 Å². The van der Waals surface area contributed by atoms with Gasteiger partial charge in [0.1, 0.15) is 5.69 Å². The van der Waals surface area contributed by atoms with Gasteiger partial charge >= 0.3 is 0 Å². The molecule has 20 heavy (non-hydrogen) atoms. The number of hydrogen-bond donors (Lipinski definition) is 1. The molecular formula is C14H11ClN4O. The molecule has 0 fully saturated rings. The minimum absolute atomic E-state index is 0.188. The van der Waals surface area contributed by atoms with Crippen LogP contribution in [-0.4, -0.2) is 22.1 Å². The fourth-order valence-electron chi connectivity index (χ4n) is 1.37. The van der Waals surface area contributed by atoms with Crippen LogP contribution in [0.4, 0.5) is 0 Å². The summed E-state index contributed by atoms with van der Waals surface area (Å²) in [6.45, 7) is 0. The Morgan fingerprint density at radius 2 is 2.05 bits per heavy atom. The van der Waals surface area contributed by atoms with E-state index in [0.29, 0.717) is 5.03 Å². The molecule has 6 heteroatoms. The van der Waals surface area contributed by atoms with Crippen LogP contribution in [0.15, 0.2) is 59.1 Å². The largest absolute Gasteiger partial charge is 0.291 e. The van der Waals surface area contributed by atoms with Gasteiger partial charge in [-0.25, -0.2) is 10.4 Å². The number of allylic oxidation sites excluding steroid dienone is 1.